The van der Waals surface area contributed by atoms with Gasteiger partial charge in [-0.25, -0.2) is 4.98 Å². The topological polar surface area (TPSA) is 94.4 Å². The number of benzene rings is 1. The Balaban J connectivity index is 2.24. The van der Waals surface area contributed by atoms with Gasteiger partial charge in [0.2, 0.25) is 0 Å². The molecule has 0 aliphatic rings. The molecule has 2 rings (SSSR count). The van der Waals surface area contributed by atoms with Crippen molar-refractivity contribution in [1.82, 2.24) is 4.98 Å². The summed E-state index contributed by atoms with van der Waals surface area (Å²) in [5, 5.41) is 15.0. The number of ether oxygens (including phenoxy) is 1. The molecular weight excluding hydrogens is 270 g/mol. The maximum atomic E-state index is 11.7. The van der Waals surface area contributed by atoms with E-state index in [4.69, 9.17) is 4.74 Å². The van der Waals surface area contributed by atoms with Crippen molar-refractivity contribution in [2.45, 2.75) is 0 Å². The molecule has 0 saturated heterocycles. The fourth-order valence-electron chi connectivity index (χ4n) is 1.43. The first-order valence-corrected chi connectivity index (χ1v) is 6.08. The first kappa shape index (κ1) is 13.0. The molecule has 0 saturated carbocycles. The van der Waals surface area contributed by atoms with Crippen molar-refractivity contribution in [3.63, 3.8) is 0 Å². The summed E-state index contributed by atoms with van der Waals surface area (Å²) in [6, 6.07) is 4.19. The summed E-state index contributed by atoms with van der Waals surface area (Å²) >= 11 is 1.29. The van der Waals surface area contributed by atoms with Gasteiger partial charge in [-0.1, -0.05) is 0 Å². The standard InChI is InChI=1S/C11H9N3O4S/c1-18-10-3-2-7(4-9(10)14(16)17)13-11(15)8-5-19-6-12-8/h2-6H,1H3,(H,13,15). The van der Waals surface area contributed by atoms with Gasteiger partial charge < -0.3 is 10.1 Å². The van der Waals surface area contributed by atoms with Gasteiger partial charge >= 0.3 is 5.69 Å². The summed E-state index contributed by atoms with van der Waals surface area (Å²) in [5.41, 5.74) is 1.90. The number of carbonyl (C=O) groups is 1. The summed E-state index contributed by atoms with van der Waals surface area (Å²) in [4.78, 5) is 25.9. The summed E-state index contributed by atoms with van der Waals surface area (Å²) in [6.07, 6.45) is 0. The van der Waals surface area contributed by atoms with E-state index in [0.717, 1.165) is 0 Å². The second kappa shape index (κ2) is 5.44. The van der Waals surface area contributed by atoms with Gasteiger partial charge in [-0.2, -0.15) is 0 Å². The van der Waals surface area contributed by atoms with Crippen LogP contribution in [0.4, 0.5) is 11.4 Å². The van der Waals surface area contributed by atoms with Gasteiger partial charge in [-0.3, -0.25) is 14.9 Å². The third-order valence-electron chi connectivity index (χ3n) is 2.30. The highest BCUT2D eigenvalue weighted by Crippen LogP contribution is 2.29. The molecule has 0 fully saturated rings. The van der Waals surface area contributed by atoms with Gasteiger partial charge in [0.05, 0.1) is 17.5 Å². The van der Waals surface area contributed by atoms with Crippen LogP contribution in [0.3, 0.4) is 0 Å². The Hall–Kier alpha value is -2.48. The van der Waals surface area contributed by atoms with Crippen molar-refractivity contribution in [2.24, 2.45) is 0 Å². The molecule has 1 aromatic carbocycles. The Labute approximate surface area is 112 Å². The molecule has 1 amide bonds. The van der Waals surface area contributed by atoms with E-state index < -0.39 is 10.8 Å². The van der Waals surface area contributed by atoms with Crippen molar-refractivity contribution in [2.75, 3.05) is 12.4 Å². The number of carbonyl (C=O) groups excluding carboxylic acids is 1. The lowest BCUT2D eigenvalue weighted by Gasteiger charge is -2.05. The second-order valence-electron chi connectivity index (χ2n) is 3.47. The van der Waals surface area contributed by atoms with Crippen LogP contribution in [0, 0.1) is 10.1 Å². The highest BCUT2D eigenvalue weighted by atomic mass is 32.1. The van der Waals surface area contributed by atoms with Crippen molar-refractivity contribution in [3.05, 3.63) is 44.9 Å². The van der Waals surface area contributed by atoms with Crippen molar-refractivity contribution >= 4 is 28.6 Å². The molecule has 98 valence electrons. The van der Waals surface area contributed by atoms with Crippen LogP contribution in [0.25, 0.3) is 0 Å². The molecule has 0 spiro atoms. The zero-order valence-electron chi connectivity index (χ0n) is 9.82. The number of hydrogen-bond acceptors (Lipinski definition) is 6. The van der Waals surface area contributed by atoms with E-state index in [2.05, 4.69) is 10.3 Å². The second-order valence-corrected chi connectivity index (χ2v) is 4.19. The zero-order chi connectivity index (χ0) is 13.8. The van der Waals surface area contributed by atoms with E-state index >= 15 is 0 Å². The Kier molecular flexibility index (Phi) is 3.71. The van der Waals surface area contributed by atoms with E-state index in [1.807, 2.05) is 0 Å². The Morgan fingerprint density at radius 1 is 1.53 bits per heavy atom. The minimum atomic E-state index is -0.572. The third kappa shape index (κ3) is 2.86. The number of nitro benzene ring substituents is 1. The molecule has 1 N–H and O–H groups in total. The van der Waals surface area contributed by atoms with Crippen molar-refractivity contribution in [3.8, 4) is 5.75 Å². The molecular formula is C11H9N3O4S. The molecule has 19 heavy (non-hydrogen) atoms. The predicted molar refractivity (Wildman–Crippen MR) is 69.7 cm³/mol. The Morgan fingerprint density at radius 3 is 2.89 bits per heavy atom. The molecule has 0 aliphatic carbocycles. The average molecular weight is 279 g/mol. The molecule has 0 bridgehead atoms. The van der Waals surface area contributed by atoms with Crippen molar-refractivity contribution in [1.29, 1.82) is 0 Å². The number of methoxy groups -OCH3 is 1. The number of aromatic nitrogens is 1. The lowest BCUT2D eigenvalue weighted by molar-refractivity contribution is -0.385. The molecule has 7 nitrogen and oxygen atoms in total. The molecule has 1 aromatic heterocycles. The normalized spacial score (nSPS) is 9.95. The van der Waals surface area contributed by atoms with Crippen molar-refractivity contribution < 1.29 is 14.5 Å². The van der Waals surface area contributed by atoms with E-state index in [0.29, 0.717) is 5.69 Å². The highest BCUT2D eigenvalue weighted by Gasteiger charge is 2.16. The summed E-state index contributed by atoms with van der Waals surface area (Å²) < 4.78 is 4.87. The number of nitro groups is 1. The molecule has 8 heteroatoms. The van der Waals surface area contributed by atoms with Crippen LogP contribution in [0.15, 0.2) is 29.1 Å². The first-order chi connectivity index (χ1) is 9.11. The maximum absolute atomic E-state index is 11.7. The van der Waals surface area contributed by atoms with Crippen LogP contribution in [0.2, 0.25) is 0 Å². The highest BCUT2D eigenvalue weighted by molar-refractivity contribution is 7.07. The van der Waals surface area contributed by atoms with Crippen LogP contribution in [0.5, 0.6) is 5.75 Å². The summed E-state index contributed by atoms with van der Waals surface area (Å²) in [7, 11) is 1.34. The number of nitrogens with one attached hydrogen (secondary N) is 1. The largest absolute Gasteiger partial charge is 0.490 e. The van der Waals surface area contributed by atoms with E-state index in [-0.39, 0.29) is 17.1 Å². The number of rotatable bonds is 4. The smallest absolute Gasteiger partial charge is 0.312 e. The number of hydrogen-bond donors (Lipinski definition) is 1. The van der Waals surface area contributed by atoms with Crippen LogP contribution >= 0.6 is 11.3 Å². The van der Waals surface area contributed by atoms with Gasteiger partial charge in [0, 0.05) is 17.1 Å². The number of thiazole rings is 1. The minimum Gasteiger partial charge on any atom is -0.490 e. The van der Waals surface area contributed by atoms with Crippen LogP contribution in [0.1, 0.15) is 10.5 Å². The Bertz CT molecular complexity index is 612. The molecule has 0 atom stereocenters. The number of amides is 1. The maximum Gasteiger partial charge on any atom is 0.312 e. The van der Waals surface area contributed by atoms with Crippen LogP contribution in [-0.2, 0) is 0 Å². The third-order valence-corrected chi connectivity index (χ3v) is 2.88. The molecule has 0 unspecified atom stereocenters. The monoisotopic (exact) mass is 279 g/mol. The SMILES string of the molecule is COc1ccc(NC(=O)c2cscn2)cc1[N+](=O)[O-]. The minimum absolute atomic E-state index is 0.136. The van der Waals surface area contributed by atoms with Gasteiger partial charge in [0.15, 0.2) is 5.75 Å². The van der Waals surface area contributed by atoms with Gasteiger partial charge in [-0.15, -0.1) is 11.3 Å². The fourth-order valence-corrected chi connectivity index (χ4v) is 1.96. The quantitative estimate of drug-likeness (QED) is 0.684. The summed E-state index contributed by atoms with van der Waals surface area (Å²) in [5.74, 6) is -0.280. The Morgan fingerprint density at radius 2 is 2.32 bits per heavy atom. The fraction of sp³-hybridized carbons (Fsp3) is 0.0909. The van der Waals surface area contributed by atoms with E-state index in [1.165, 1.54) is 42.2 Å². The number of anilines is 1. The lowest BCUT2D eigenvalue weighted by Crippen LogP contribution is -2.12. The molecule has 1 heterocycles. The molecule has 2 aromatic rings. The summed E-state index contributed by atoms with van der Waals surface area (Å²) in [6.45, 7) is 0. The molecule has 0 radical (unpaired) electrons. The van der Waals surface area contributed by atoms with E-state index in [1.54, 1.807) is 5.38 Å². The zero-order valence-corrected chi connectivity index (χ0v) is 10.6. The first-order valence-electron chi connectivity index (χ1n) is 5.14. The van der Waals surface area contributed by atoms with Crippen LogP contribution < -0.4 is 10.1 Å². The average Bonchev–Trinajstić information content (AvgIpc) is 2.92. The van der Waals surface area contributed by atoms with Crippen LogP contribution in [-0.4, -0.2) is 22.9 Å². The van der Waals surface area contributed by atoms with Gasteiger partial charge in [0.25, 0.3) is 5.91 Å². The van der Waals surface area contributed by atoms with E-state index in [9.17, 15) is 14.9 Å². The van der Waals surface area contributed by atoms with Gasteiger partial charge in [0.1, 0.15) is 5.69 Å². The number of nitrogens with zero attached hydrogens (tertiary/aromatic N) is 2. The lowest BCUT2D eigenvalue weighted by atomic mass is 10.2. The predicted octanol–water partition coefficient (Wildman–Crippen LogP) is 2.31. The molecule has 0 aliphatic heterocycles. The van der Waals surface area contributed by atoms with Gasteiger partial charge in [-0.05, 0) is 12.1 Å².